The first-order valence-electron chi connectivity index (χ1n) is 11.1. The maximum absolute atomic E-state index is 10.5. The Bertz CT molecular complexity index is 612. The van der Waals surface area contributed by atoms with E-state index in [1.165, 1.54) is 37.7 Å². The van der Waals surface area contributed by atoms with Gasteiger partial charge in [0.25, 0.3) is 0 Å². The van der Waals surface area contributed by atoms with Crippen molar-refractivity contribution in [2.24, 2.45) is 0 Å². The summed E-state index contributed by atoms with van der Waals surface area (Å²) in [6.45, 7) is 14.0. The van der Waals surface area contributed by atoms with Crippen LogP contribution in [0, 0.1) is 0 Å². The van der Waals surface area contributed by atoms with E-state index in [0.29, 0.717) is 18.0 Å². The zero-order valence-corrected chi connectivity index (χ0v) is 18.7. The van der Waals surface area contributed by atoms with Crippen LogP contribution in [-0.2, 0) is 6.54 Å². The second kappa shape index (κ2) is 12.9. The lowest BCUT2D eigenvalue weighted by atomic mass is 10.1. The van der Waals surface area contributed by atoms with Crippen LogP contribution in [0.3, 0.4) is 0 Å². The van der Waals surface area contributed by atoms with Gasteiger partial charge in [-0.05, 0) is 57.1 Å². The minimum Gasteiger partial charge on any atom is -0.493 e. The zero-order valence-electron chi connectivity index (χ0n) is 18.7. The highest BCUT2D eigenvalue weighted by Gasteiger charge is 2.15. The predicted molar refractivity (Wildman–Crippen MR) is 120 cm³/mol. The van der Waals surface area contributed by atoms with E-state index < -0.39 is 6.10 Å². The van der Waals surface area contributed by atoms with Gasteiger partial charge in [0.1, 0.15) is 12.7 Å². The normalized spacial score (nSPS) is 16.9. The Labute approximate surface area is 177 Å². The van der Waals surface area contributed by atoms with E-state index in [2.05, 4.69) is 36.3 Å². The van der Waals surface area contributed by atoms with Gasteiger partial charge in [0.2, 0.25) is 0 Å². The summed E-state index contributed by atoms with van der Waals surface area (Å²) >= 11 is 0. The Hall–Kier alpha value is -1.56. The molecule has 2 rings (SSSR count). The van der Waals surface area contributed by atoms with Crippen LogP contribution in [0.4, 0.5) is 0 Å². The number of ether oxygens (including phenoxy) is 2. The molecule has 0 spiro atoms. The summed E-state index contributed by atoms with van der Waals surface area (Å²) in [7, 11) is 1.66. The molecule has 0 amide bonds. The standard InChI is InChI=1S/C24H40N2O3/c1-5-25(16-20(2)3)17-21-11-12-23(24(15-21)28-4)29-19-22(27)18-26-13-9-7-6-8-10-14-26/h11-12,15,22,27H,2,5-10,13-14,16-19H2,1,3-4H3. The largest absolute Gasteiger partial charge is 0.493 e. The second-order valence-electron chi connectivity index (χ2n) is 8.28. The summed E-state index contributed by atoms with van der Waals surface area (Å²) in [6.07, 6.45) is 5.90. The van der Waals surface area contributed by atoms with Crippen molar-refractivity contribution in [2.75, 3.05) is 46.4 Å². The number of hydrogen-bond acceptors (Lipinski definition) is 5. The number of likely N-dealkylation sites (tertiary alicyclic amines) is 1. The lowest BCUT2D eigenvalue weighted by molar-refractivity contribution is 0.0645. The summed E-state index contributed by atoms with van der Waals surface area (Å²) in [6, 6.07) is 6.05. The summed E-state index contributed by atoms with van der Waals surface area (Å²) in [5.41, 5.74) is 2.34. The molecule has 1 heterocycles. The van der Waals surface area contributed by atoms with Gasteiger partial charge in [0, 0.05) is 19.6 Å². The number of nitrogens with zero attached hydrogens (tertiary/aromatic N) is 2. The molecule has 1 aliphatic heterocycles. The number of hydrogen-bond donors (Lipinski definition) is 1. The predicted octanol–water partition coefficient (Wildman–Crippen LogP) is 4.10. The molecular weight excluding hydrogens is 364 g/mol. The quantitative estimate of drug-likeness (QED) is 0.563. The first-order chi connectivity index (χ1) is 14.0. The fraction of sp³-hybridized carbons (Fsp3) is 0.667. The number of β-amino-alcohol motifs (C(OH)–C–C–N with tert-alkyl or cyclic N) is 1. The van der Waals surface area contributed by atoms with Crippen LogP contribution >= 0.6 is 0 Å². The maximum Gasteiger partial charge on any atom is 0.161 e. The van der Waals surface area contributed by atoms with Gasteiger partial charge in [0.15, 0.2) is 11.5 Å². The van der Waals surface area contributed by atoms with Crippen molar-refractivity contribution >= 4 is 0 Å². The molecule has 0 aromatic heterocycles. The Kier molecular flexibility index (Phi) is 10.5. The Morgan fingerprint density at radius 1 is 1.17 bits per heavy atom. The summed E-state index contributed by atoms with van der Waals surface area (Å²) in [4.78, 5) is 4.71. The third-order valence-corrected chi connectivity index (χ3v) is 5.42. The van der Waals surface area contributed by atoms with Crippen LogP contribution < -0.4 is 9.47 Å². The molecule has 5 heteroatoms. The third-order valence-electron chi connectivity index (χ3n) is 5.42. The van der Waals surface area contributed by atoms with Gasteiger partial charge in [-0.3, -0.25) is 4.90 Å². The molecule has 1 atom stereocenters. The molecule has 5 nitrogen and oxygen atoms in total. The van der Waals surface area contributed by atoms with Crippen molar-refractivity contribution in [3.8, 4) is 11.5 Å². The number of aliphatic hydroxyl groups excluding tert-OH is 1. The summed E-state index contributed by atoms with van der Waals surface area (Å²) < 4.78 is 11.5. The van der Waals surface area contributed by atoms with Gasteiger partial charge in [0.05, 0.1) is 7.11 Å². The molecule has 1 aliphatic rings. The fourth-order valence-electron chi connectivity index (χ4n) is 3.88. The van der Waals surface area contributed by atoms with Gasteiger partial charge < -0.3 is 19.5 Å². The Morgan fingerprint density at radius 3 is 2.48 bits per heavy atom. The van der Waals surface area contributed by atoms with E-state index in [1.54, 1.807) is 7.11 Å². The monoisotopic (exact) mass is 404 g/mol. The lowest BCUT2D eigenvalue weighted by Crippen LogP contribution is -2.37. The van der Waals surface area contributed by atoms with E-state index in [-0.39, 0.29) is 6.61 Å². The van der Waals surface area contributed by atoms with Crippen LogP contribution in [0.5, 0.6) is 11.5 Å². The van der Waals surface area contributed by atoms with Crippen molar-refractivity contribution in [1.29, 1.82) is 0 Å². The molecule has 1 fully saturated rings. The van der Waals surface area contributed by atoms with E-state index in [0.717, 1.165) is 38.3 Å². The molecule has 1 unspecified atom stereocenters. The highest BCUT2D eigenvalue weighted by Crippen LogP contribution is 2.29. The maximum atomic E-state index is 10.5. The summed E-state index contributed by atoms with van der Waals surface area (Å²) in [5.74, 6) is 1.40. The molecule has 0 saturated carbocycles. The van der Waals surface area contributed by atoms with Crippen molar-refractivity contribution in [3.63, 3.8) is 0 Å². The third kappa shape index (κ3) is 8.77. The van der Waals surface area contributed by atoms with Crippen LogP contribution in [0.15, 0.2) is 30.4 Å². The molecule has 1 N–H and O–H groups in total. The SMILES string of the molecule is C=C(C)CN(CC)Cc1ccc(OCC(O)CN2CCCCCCC2)c(OC)c1. The van der Waals surface area contributed by atoms with Crippen molar-refractivity contribution in [1.82, 2.24) is 9.80 Å². The minimum absolute atomic E-state index is 0.281. The van der Waals surface area contributed by atoms with Crippen molar-refractivity contribution in [2.45, 2.75) is 58.6 Å². The van der Waals surface area contributed by atoms with Gasteiger partial charge in [-0.2, -0.15) is 0 Å². The molecule has 1 aromatic carbocycles. The molecule has 1 saturated heterocycles. The number of aliphatic hydroxyl groups is 1. The second-order valence-corrected chi connectivity index (χ2v) is 8.28. The number of rotatable bonds is 11. The average Bonchev–Trinajstić information content (AvgIpc) is 2.67. The highest BCUT2D eigenvalue weighted by atomic mass is 16.5. The van der Waals surface area contributed by atoms with Crippen molar-refractivity contribution < 1.29 is 14.6 Å². The van der Waals surface area contributed by atoms with E-state index in [9.17, 15) is 5.11 Å². The molecule has 0 aliphatic carbocycles. The average molecular weight is 405 g/mol. The van der Waals surface area contributed by atoms with Gasteiger partial charge >= 0.3 is 0 Å². The molecule has 0 radical (unpaired) electrons. The lowest BCUT2D eigenvalue weighted by Gasteiger charge is -2.27. The minimum atomic E-state index is -0.495. The number of benzene rings is 1. The van der Waals surface area contributed by atoms with Gasteiger partial charge in [-0.25, -0.2) is 0 Å². The number of likely N-dealkylation sites (N-methyl/N-ethyl adjacent to an activating group) is 1. The van der Waals surface area contributed by atoms with Crippen LogP contribution in [-0.4, -0.2) is 67.5 Å². The first-order valence-corrected chi connectivity index (χ1v) is 11.1. The number of methoxy groups -OCH3 is 1. The first kappa shape index (κ1) is 23.7. The van der Waals surface area contributed by atoms with Crippen molar-refractivity contribution in [3.05, 3.63) is 35.9 Å². The van der Waals surface area contributed by atoms with Crippen LogP contribution in [0.25, 0.3) is 0 Å². The van der Waals surface area contributed by atoms with Gasteiger partial charge in [-0.1, -0.05) is 44.4 Å². The topological polar surface area (TPSA) is 45.2 Å². The Balaban J connectivity index is 1.88. The van der Waals surface area contributed by atoms with E-state index >= 15 is 0 Å². The van der Waals surface area contributed by atoms with Crippen LogP contribution in [0.2, 0.25) is 0 Å². The smallest absolute Gasteiger partial charge is 0.161 e. The van der Waals surface area contributed by atoms with E-state index in [4.69, 9.17) is 9.47 Å². The molecule has 164 valence electrons. The Morgan fingerprint density at radius 2 is 1.86 bits per heavy atom. The van der Waals surface area contributed by atoms with Gasteiger partial charge in [-0.15, -0.1) is 0 Å². The molecule has 29 heavy (non-hydrogen) atoms. The summed E-state index contributed by atoms with van der Waals surface area (Å²) in [5, 5.41) is 10.5. The van der Waals surface area contributed by atoms with E-state index in [1.807, 2.05) is 12.1 Å². The molecule has 1 aromatic rings. The molecular formula is C24H40N2O3. The fourth-order valence-corrected chi connectivity index (χ4v) is 3.88. The highest BCUT2D eigenvalue weighted by molar-refractivity contribution is 5.43. The molecule has 0 bridgehead atoms. The zero-order chi connectivity index (χ0) is 21.1. The van der Waals surface area contributed by atoms with Crippen LogP contribution in [0.1, 0.15) is 51.5 Å².